The monoisotopic (exact) mass is 360 g/mol. The molecule has 1 aromatic rings. The molecule has 1 saturated carbocycles. The summed E-state index contributed by atoms with van der Waals surface area (Å²) in [5, 5.41) is 3.44. The van der Waals surface area contributed by atoms with Crippen LogP contribution in [-0.4, -0.2) is 31.1 Å². The van der Waals surface area contributed by atoms with Gasteiger partial charge in [0.05, 0.1) is 5.56 Å². The maximum atomic E-state index is 13.6. The normalized spacial score (nSPS) is 22.5. The fourth-order valence-corrected chi connectivity index (χ4v) is 4.36. The van der Waals surface area contributed by atoms with Crippen molar-refractivity contribution in [2.75, 3.05) is 26.2 Å². The van der Waals surface area contributed by atoms with Gasteiger partial charge in [0.25, 0.3) is 0 Å². The molecule has 1 saturated heterocycles. The minimum absolute atomic E-state index is 0.147. The number of rotatable bonds is 3. The average molecular weight is 361 g/mol. The third-order valence-electron chi connectivity index (χ3n) is 5.28. The Balaban J connectivity index is 2.01. The van der Waals surface area contributed by atoms with Crippen LogP contribution >= 0.6 is 11.6 Å². The highest BCUT2D eigenvalue weighted by Crippen LogP contribution is 2.44. The van der Waals surface area contributed by atoms with Gasteiger partial charge in [-0.2, -0.15) is 13.2 Å². The molecule has 1 atom stereocenters. The van der Waals surface area contributed by atoms with Gasteiger partial charge in [0.15, 0.2) is 0 Å². The molecule has 24 heavy (non-hydrogen) atoms. The maximum absolute atomic E-state index is 13.6. The highest BCUT2D eigenvalue weighted by atomic mass is 35.5. The van der Waals surface area contributed by atoms with Gasteiger partial charge >= 0.3 is 6.18 Å². The number of halogens is 4. The van der Waals surface area contributed by atoms with Crippen LogP contribution in [0.2, 0.25) is 5.02 Å². The molecule has 1 aliphatic carbocycles. The topological polar surface area (TPSA) is 15.3 Å². The molecule has 3 rings (SSSR count). The van der Waals surface area contributed by atoms with E-state index in [1.807, 2.05) is 0 Å². The minimum atomic E-state index is -4.37. The standard InChI is InChI=1S/C18H24ClF3N2/c19-14-6-7-15(16(12-14)18(20,21)22)17(13-4-2-1-3-5-13)24-10-8-23-9-11-24/h6-7,12-13,17,23H,1-5,8-11H2/t17-/m1/s1. The van der Waals surface area contributed by atoms with E-state index >= 15 is 0 Å². The molecule has 0 bridgehead atoms. The minimum Gasteiger partial charge on any atom is -0.314 e. The van der Waals surface area contributed by atoms with Crippen molar-refractivity contribution in [3.63, 3.8) is 0 Å². The van der Waals surface area contributed by atoms with Crippen molar-refractivity contribution in [3.05, 3.63) is 34.3 Å². The molecule has 0 unspecified atom stereocenters. The fraction of sp³-hybridized carbons (Fsp3) is 0.667. The second kappa shape index (κ2) is 7.63. The van der Waals surface area contributed by atoms with Crippen molar-refractivity contribution in [1.82, 2.24) is 10.2 Å². The van der Waals surface area contributed by atoms with Gasteiger partial charge in [-0.15, -0.1) is 0 Å². The molecule has 2 nitrogen and oxygen atoms in total. The zero-order valence-corrected chi connectivity index (χ0v) is 14.5. The summed E-state index contributed by atoms with van der Waals surface area (Å²) in [6, 6.07) is 4.13. The molecule has 134 valence electrons. The summed E-state index contributed by atoms with van der Waals surface area (Å²) in [5.74, 6) is 0.291. The first kappa shape index (κ1) is 18.0. The molecule has 2 aliphatic rings. The molecule has 0 radical (unpaired) electrons. The lowest BCUT2D eigenvalue weighted by Gasteiger charge is -2.42. The first-order valence-corrected chi connectivity index (χ1v) is 9.16. The van der Waals surface area contributed by atoms with Crippen molar-refractivity contribution in [3.8, 4) is 0 Å². The van der Waals surface area contributed by atoms with Gasteiger partial charge in [-0.1, -0.05) is 36.9 Å². The first-order valence-electron chi connectivity index (χ1n) is 8.78. The zero-order valence-electron chi connectivity index (χ0n) is 13.7. The fourth-order valence-electron chi connectivity index (χ4n) is 4.19. The van der Waals surface area contributed by atoms with Crippen LogP contribution in [0.4, 0.5) is 13.2 Å². The van der Waals surface area contributed by atoms with Gasteiger partial charge in [-0.25, -0.2) is 0 Å². The number of hydrogen-bond donors (Lipinski definition) is 1. The van der Waals surface area contributed by atoms with Crippen molar-refractivity contribution in [1.29, 1.82) is 0 Å². The largest absolute Gasteiger partial charge is 0.416 e. The molecule has 1 N–H and O–H groups in total. The SMILES string of the molecule is FC(F)(F)c1cc(Cl)ccc1[C@@H](C1CCCCC1)N1CCNCC1. The smallest absolute Gasteiger partial charge is 0.314 e. The Morgan fingerprint density at radius 2 is 1.75 bits per heavy atom. The van der Waals surface area contributed by atoms with Crippen molar-refractivity contribution < 1.29 is 13.2 Å². The lowest BCUT2D eigenvalue weighted by Crippen LogP contribution is -2.47. The van der Waals surface area contributed by atoms with Crippen LogP contribution in [0.1, 0.15) is 49.3 Å². The van der Waals surface area contributed by atoms with E-state index in [0.717, 1.165) is 57.9 Å². The molecule has 0 aromatic heterocycles. The van der Waals surface area contributed by atoms with E-state index < -0.39 is 11.7 Å². The van der Waals surface area contributed by atoms with Gasteiger partial charge in [-0.05, 0) is 36.5 Å². The Morgan fingerprint density at radius 1 is 1.08 bits per heavy atom. The predicted octanol–water partition coefficient (Wildman–Crippen LogP) is 4.89. The number of nitrogens with one attached hydrogen (secondary N) is 1. The molecule has 1 heterocycles. The Bertz CT molecular complexity index is 532. The number of benzene rings is 1. The Kier molecular flexibility index (Phi) is 5.73. The number of alkyl halides is 3. The number of hydrogen-bond acceptors (Lipinski definition) is 2. The van der Waals surface area contributed by atoms with Crippen LogP contribution in [0.25, 0.3) is 0 Å². The van der Waals surface area contributed by atoms with Crippen LogP contribution in [0.15, 0.2) is 18.2 Å². The van der Waals surface area contributed by atoms with Crippen LogP contribution in [-0.2, 0) is 6.18 Å². The summed E-state index contributed by atoms with van der Waals surface area (Å²) in [6.45, 7) is 3.25. The van der Waals surface area contributed by atoms with E-state index in [4.69, 9.17) is 11.6 Å². The molecule has 6 heteroatoms. The molecule has 1 aromatic carbocycles. The second-order valence-corrected chi connectivity index (χ2v) is 7.29. The van der Waals surface area contributed by atoms with E-state index in [2.05, 4.69) is 10.2 Å². The van der Waals surface area contributed by atoms with Crippen molar-refractivity contribution >= 4 is 11.6 Å². The number of piperazine rings is 1. The molecular weight excluding hydrogens is 337 g/mol. The van der Waals surface area contributed by atoms with E-state index in [1.165, 1.54) is 6.42 Å². The van der Waals surface area contributed by atoms with Gasteiger partial charge in [0.1, 0.15) is 0 Å². The highest BCUT2D eigenvalue weighted by Gasteiger charge is 2.39. The van der Waals surface area contributed by atoms with E-state index in [1.54, 1.807) is 12.1 Å². The van der Waals surface area contributed by atoms with E-state index in [0.29, 0.717) is 11.5 Å². The molecular formula is C18H24ClF3N2. The Hall–Kier alpha value is -0.780. The second-order valence-electron chi connectivity index (χ2n) is 6.86. The third-order valence-corrected chi connectivity index (χ3v) is 5.52. The average Bonchev–Trinajstić information content (AvgIpc) is 2.57. The van der Waals surface area contributed by atoms with Gasteiger partial charge in [0, 0.05) is 37.2 Å². The van der Waals surface area contributed by atoms with Crippen LogP contribution in [0, 0.1) is 5.92 Å². The predicted molar refractivity (Wildman–Crippen MR) is 90.2 cm³/mol. The zero-order chi connectivity index (χ0) is 17.2. The summed E-state index contributed by atoms with van der Waals surface area (Å²) in [5.41, 5.74) is -0.162. The van der Waals surface area contributed by atoms with Crippen LogP contribution < -0.4 is 5.32 Å². The first-order chi connectivity index (χ1) is 11.5. The summed E-state index contributed by atoms with van der Waals surface area (Å²) in [7, 11) is 0. The van der Waals surface area contributed by atoms with Crippen LogP contribution in [0.5, 0.6) is 0 Å². The molecule has 0 amide bonds. The lowest BCUT2D eigenvalue weighted by atomic mass is 9.79. The van der Waals surface area contributed by atoms with Crippen molar-refractivity contribution in [2.24, 2.45) is 5.92 Å². The molecule has 2 fully saturated rings. The maximum Gasteiger partial charge on any atom is 0.416 e. The lowest BCUT2D eigenvalue weighted by molar-refractivity contribution is -0.139. The summed E-state index contributed by atoms with van der Waals surface area (Å²) >= 11 is 5.88. The third kappa shape index (κ3) is 4.06. The van der Waals surface area contributed by atoms with E-state index in [9.17, 15) is 13.2 Å². The Labute approximate surface area is 146 Å². The van der Waals surface area contributed by atoms with Crippen LogP contribution in [0.3, 0.4) is 0 Å². The van der Waals surface area contributed by atoms with Gasteiger partial charge in [-0.3, -0.25) is 4.90 Å². The quantitative estimate of drug-likeness (QED) is 0.826. The van der Waals surface area contributed by atoms with Gasteiger partial charge in [0.2, 0.25) is 0 Å². The number of nitrogens with zero attached hydrogens (tertiary/aromatic N) is 1. The Morgan fingerprint density at radius 3 is 2.38 bits per heavy atom. The van der Waals surface area contributed by atoms with E-state index in [-0.39, 0.29) is 11.1 Å². The molecule has 0 spiro atoms. The summed E-state index contributed by atoms with van der Waals surface area (Å²) in [4.78, 5) is 2.24. The summed E-state index contributed by atoms with van der Waals surface area (Å²) in [6.07, 6.45) is 1.06. The highest BCUT2D eigenvalue weighted by molar-refractivity contribution is 6.30. The molecule has 1 aliphatic heterocycles. The van der Waals surface area contributed by atoms with Crippen molar-refractivity contribution in [2.45, 2.75) is 44.3 Å². The van der Waals surface area contributed by atoms with Gasteiger partial charge < -0.3 is 5.32 Å². The summed E-state index contributed by atoms with van der Waals surface area (Å²) < 4.78 is 40.9.